The van der Waals surface area contributed by atoms with Gasteiger partial charge in [-0.2, -0.15) is 0 Å². The molecule has 0 bridgehead atoms. The van der Waals surface area contributed by atoms with Crippen molar-refractivity contribution in [3.63, 3.8) is 0 Å². The second-order valence-corrected chi connectivity index (χ2v) is 5.67. The third-order valence-electron chi connectivity index (χ3n) is 1.94. The molecule has 0 aliphatic heterocycles. The molecule has 0 aliphatic carbocycles. The fraction of sp³-hybridized carbons (Fsp3) is 0.455. The van der Waals surface area contributed by atoms with Crippen LogP contribution in [0.3, 0.4) is 0 Å². The second-order valence-electron chi connectivity index (χ2n) is 4.09. The van der Waals surface area contributed by atoms with Gasteiger partial charge in [-0.1, -0.05) is 11.6 Å². The molecule has 0 heterocycles. The van der Waals surface area contributed by atoms with Crippen LogP contribution in [0.15, 0.2) is 23.1 Å². The zero-order chi connectivity index (χ0) is 11.5. The Labute approximate surface area is 99.8 Å². The molecule has 0 aliphatic rings. The Morgan fingerprint density at radius 1 is 1.47 bits per heavy atom. The predicted molar refractivity (Wildman–Crippen MR) is 67.5 cm³/mol. The minimum atomic E-state index is -0.617. The first-order chi connectivity index (χ1) is 6.88. The zero-order valence-corrected chi connectivity index (χ0v) is 10.5. The summed E-state index contributed by atoms with van der Waals surface area (Å²) < 4.78 is 0. The lowest BCUT2D eigenvalue weighted by molar-refractivity contribution is 0.0778. The highest BCUT2D eigenvalue weighted by Gasteiger charge is 2.12. The average molecular weight is 246 g/mol. The molecule has 2 nitrogen and oxygen atoms in total. The summed E-state index contributed by atoms with van der Waals surface area (Å²) in [5, 5.41) is 10.2. The van der Waals surface area contributed by atoms with E-state index in [4.69, 9.17) is 17.3 Å². The van der Waals surface area contributed by atoms with Crippen molar-refractivity contribution in [1.29, 1.82) is 0 Å². The molecule has 1 rings (SSSR count). The number of halogens is 1. The molecule has 0 amide bonds. The van der Waals surface area contributed by atoms with Gasteiger partial charge in [-0.05, 0) is 38.5 Å². The maximum Gasteiger partial charge on any atom is 0.0599 e. The highest BCUT2D eigenvalue weighted by molar-refractivity contribution is 7.99. The molecule has 1 aromatic carbocycles. The van der Waals surface area contributed by atoms with E-state index in [0.29, 0.717) is 10.7 Å². The van der Waals surface area contributed by atoms with Crippen LogP contribution in [-0.2, 0) is 0 Å². The first kappa shape index (κ1) is 12.7. The summed E-state index contributed by atoms with van der Waals surface area (Å²) in [7, 11) is 0. The largest absolute Gasteiger partial charge is 0.398 e. The molecule has 0 saturated carbocycles. The Kier molecular flexibility index (Phi) is 4.32. The van der Waals surface area contributed by atoms with Crippen LogP contribution in [-0.4, -0.2) is 16.5 Å². The second kappa shape index (κ2) is 5.10. The summed E-state index contributed by atoms with van der Waals surface area (Å²) in [5.41, 5.74) is 5.88. The van der Waals surface area contributed by atoms with Gasteiger partial charge in [-0.25, -0.2) is 0 Å². The van der Waals surface area contributed by atoms with Crippen molar-refractivity contribution in [2.45, 2.75) is 30.8 Å². The smallest absolute Gasteiger partial charge is 0.0599 e. The minimum Gasteiger partial charge on any atom is -0.398 e. The van der Waals surface area contributed by atoms with Gasteiger partial charge in [-0.3, -0.25) is 0 Å². The molecule has 3 N–H and O–H groups in total. The molecule has 0 unspecified atom stereocenters. The SMILES string of the molecule is CC(C)(O)CCSc1ccc(Cl)cc1N. The van der Waals surface area contributed by atoms with Crippen molar-refractivity contribution < 1.29 is 5.11 Å². The topological polar surface area (TPSA) is 46.2 Å². The third-order valence-corrected chi connectivity index (χ3v) is 3.27. The predicted octanol–water partition coefficient (Wildman–Crippen LogP) is 3.18. The number of nitrogens with two attached hydrogens (primary N) is 1. The third kappa shape index (κ3) is 4.78. The molecule has 0 aromatic heterocycles. The molecule has 0 atom stereocenters. The molecule has 84 valence electrons. The maximum absolute atomic E-state index is 9.54. The van der Waals surface area contributed by atoms with Crippen molar-refractivity contribution >= 4 is 29.1 Å². The average Bonchev–Trinajstić information content (AvgIpc) is 2.07. The first-order valence-corrected chi connectivity index (χ1v) is 6.15. The minimum absolute atomic E-state index is 0.617. The molecule has 1 aromatic rings. The fourth-order valence-corrected chi connectivity index (χ4v) is 2.45. The normalized spacial score (nSPS) is 11.7. The summed E-state index contributed by atoms with van der Waals surface area (Å²) in [5.74, 6) is 0.843. The molecular formula is C11H16ClNOS. The van der Waals surface area contributed by atoms with Crippen LogP contribution in [0.5, 0.6) is 0 Å². The van der Waals surface area contributed by atoms with Crippen LogP contribution in [0.2, 0.25) is 5.02 Å². The number of hydrogen-bond donors (Lipinski definition) is 2. The van der Waals surface area contributed by atoms with Crippen LogP contribution >= 0.6 is 23.4 Å². The Bertz CT molecular complexity index is 336. The van der Waals surface area contributed by atoms with Gasteiger partial charge in [0.15, 0.2) is 0 Å². The standard InChI is InChI=1S/C11H16ClNOS/c1-11(2,14)5-6-15-10-4-3-8(12)7-9(10)13/h3-4,7,14H,5-6,13H2,1-2H3. The molecule has 0 saturated heterocycles. The highest BCUT2D eigenvalue weighted by Crippen LogP contribution is 2.29. The number of nitrogen functional groups attached to an aromatic ring is 1. The van der Waals surface area contributed by atoms with Crippen LogP contribution in [0.4, 0.5) is 5.69 Å². The number of hydrogen-bond acceptors (Lipinski definition) is 3. The summed E-state index contributed by atoms with van der Waals surface area (Å²) in [4.78, 5) is 1.02. The van der Waals surface area contributed by atoms with E-state index >= 15 is 0 Å². The van der Waals surface area contributed by atoms with E-state index in [9.17, 15) is 5.11 Å². The van der Waals surface area contributed by atoms with E-state index in [-0.39, 0.29) is 0 Å². The van der Waals surface area contributed by atoms with Crippen molar-refractivity contribution in [2.75, 3.05) is 11.5 Å². The monoisotopic (exact) mass is 245 g/mol. The fourth-order valence-electron chi connectivity index (χ4n) is 1.06. The van der Waals surface area contributed by atoms with Crippen molar-refractivity contribution in [2.24, 2.45) is 0 Å². The van der Waals surface area contributed by atoms with Crippen LogP contribution in [0, 0.1) is 0 Å². The first-order valence-electron chi connectivity index (χ1n) is 4.79. The molecule has 15 heavy (non-hydrogen) atoms. The summed E-state index contributed by atoms with van der Waals surface area (Å²) >= 11 is 7.43. The molecule has 0 fully saturated rings. The highest BCUT2D eigenvalue weighted by atomic mass is 35.5. The van der Waals surface area contributed by atoms with Gasteiger partial charge in [0.25, 0.3) is 0 Å². The lowest BCUT2D eigenvalue weighted by Crippen LogP contribution is -2.19. The van der Waals surface area contributed by atoms with Crippen molar-refractivity contribution in [1.82, 2.24) is 0 Å². The lowest BCUT2D eigenvalue weighted by atomic mass is 10.1. The number of aliphatic hydroxyl groups is 1. The van der Waals surface area contributed by atoms with E-state index in [0.717, 1.165) is 17.1 Å². The zero-order valence-electron chi connectivity index (χ0n) is 8.96. The van der Waals surface area contributed by atoms with E-state index in [1.807, 2.05) is 12.1 Å². The van der Waals surface area contributed by atoms with Crippen LogP contribution in [0.1, 0.15) is 20.3 Å². The van der Waals surface area contributed by atoms with Crippen molar-refractivity contribution in [3.8, 4) is 0 Å². The van der Waals surface area contributed by atoms with Crippen LogP contribution in [0.25, 0.3) is 0 Å². The van der Waals surface area contributed by atoms with E-state index < -0.39 is 5.60 Å². The van der Waals surface area contributed by atoms with E-state index in [1.165, 1.54) is 0 Å². The van der Waals surface area contributed by atoms with Gasteiger partial charge in [0, 0.05) is 21.4 Å². The molecule has 0 radical (unpaired) electrons. The van der Waals surface area contributed by atoms with Crippen molar-refractivity contribution in [3.05, 3.63) is 23.2 Å². The summed E-state index contributed by atoms with van der Waals surface area (Å²) in [6, 6.07) is 5.48. The number of thioether (sulfide) groups is 1. The Morgan fingerprint density at radius 2 is 2.13 bits per heavy atom. The Morgan fingerprint density at radius 3 is 2.67 bits per heavy atom. The Hall–Kier alpha value is -0.380. The number of rotatable bonds is 4. The number of anilines is 1. The maximum atomic E-state index is 9.54. The van der Waals surface area contributed by atoms with Gasteiger partial charge in [-0.15, -0.1) is 11.8 Å². The van der Waals surface area contributed by atoms with Gasteiger partial charge in [0.2, 0.25) is 0 Å². The quantitative estimate of drug-likeness (QED) is 0.633. The molecule has 0 spiro atoms. The molecular weight excluding hydrogens is 230 g/mol. The number of benzene rings is 1. The van der Waals surface area contributed by atoms with Gasteiger partial charge >= 0.3 is 0 Å². The molecule has 4 heteroatoms. The Balaban J connectivity index is 2.51. The summed E-state index contributed by atoms with van der Waals surface area (Å²) in [6.45, 7) is 3.61. The van der Waals surface area contributed by atoms with E-state index in [1.54, 1.807) is 31.7 Å². The van der Waals surface area contributed by atoms with E-state index in [2.05, 4.69) is 0 Å². The van der Waals surface area contributed by atoms with Gasteiger partial charge in [0.1, 0.15) is 0 Å². The summed E-state index contributed by atoms with van der Waals surface area (Å²) in [6.07, 6.45) is 0.736. The van der Waals surface area contributed by atoms with Gasteiger partial charge < -0.3 is 10.8 Å². The van der Waals surface area contributed by atoms with Crippen LogP contribution < -0.4 is 5.73 Å². The lowest BCUT2D eigenvalue weighted by Gasteiger charge is -2.16. The van der Waals surface area contributed by atoms with Gasteiger partial charge in [0.05, 0.1) is 5.60 Å².